The number of rotatable bonds is 6. The smallest absolute Gasteiger partial charge is 0.387 e. The Hall–Kier alpha value is -2.70. The number of alkyl halides is 2. The lowest BCUT2D eigenvalue weighted by atomic mass is 10.1. The Kier molecular flexibility index (Phi) is 5.68. The van der Waals surface area contributed by atoms with Crippen molar-refractivity contribution in [2.45, 2.75) is 13.2 Å². The lowest BCUT2D eigenvalue weighted by Gasteiger charge is -2.19. The van der Waals surface area contributed by atoms with Crippen LogP contribution in [0, 0.1) is 5.82 Å². The maximum atomic E-state index is 13.4. The second-order valence-electron chi connectivity index (χ2n) is 5.03. The van der Waals surface area contributed by atoms with Crippen LogP contribution in [-0.2, 0) is 6.54 Å². The minimum absolute atomic E-state index is 0.0366. The predicted octanol–water partition coefficient (Wildman–Crippen LogP) is 3.71. The van der Waals surface area contributed by atoms with E-state index in [0.29, 0.717) is 5.56 Å². The molecule has 0 aliphatic rings. The summed E-state index contributed by atoms with van der Waals surface area (Å²) in [5.74, 6) is -0.649. The number of halogens is 3. The molecular weight excluding hydrogens is 323 g/mol. The molecule has 0 saturated heterocycles. The van der Waals surface area contributed by atoms with Gasteiger partial charge in [0, 0.05) is 13.6 Å². The molecule has 2 aromatic carbocycles. The number of methoxy groups -OCH3 is 1. The van der Waals surface area contributed by atoms with Crippen LogP contribution >= 0.6 is 0 Å². The first-order valence-electron chi connectivity index (χ1n) is 7.03. The van der Waals surface area contributed by atoms with E-state index in [4.69, 9.17) is 4.74 Å². The van der Waals surface area contributed by atoms with E-state index in [1.54, 1.807) is 19.2 Å². The molecule has 0 heterocycles. The number of hydrogen-bond acceptors (Lipinski definition) is 3. The fourth-order valence-electron chi connectivity index (χ4n) is 2.17. The van der Waals surface area contributed by atoms with Crippen molar-refractivity contribution in [1.82, 2.24) is 4.90 Å². The van der Waals surface area contributed by atoms with E-state index in [2.05, 4.69) is 4.74 Å². The molecule has 0 saturated carbocycles. The Morgan fingerprint density at radius 3 is 2.42 bits per heavy atom. The molecule has 2 aromatic rings. The zero-order chi connectivity index (χ0) is 17.7. The first kappa shape index (κ1) is 17.7. The Balaban J connectivity index is 2.10. The average Bonchev–Trinajstić information content (AvgIpc) is 2.55. The number of ether oxygens (including phenoxy) is 2. The van der Waals surface area contributed by atoms with Crippen molar-refractivity contribution >= 4 is 5.91 Å². The van der Waals surface area contributed by atoms with Crippen molar-refractivity contribution in [2.75, 3.05) is 14.2 Å². The standard InChI is InChI=1S/C17H16F3NO3/c1-21(10-11-3-6-13(7-4-11)24-17(19)20)16(22)14-9-12(18)5-8-15(14)23-2/h3-9,17H,10H2,1-2H3. The number of hydrogen-bond donors (Lipinski definition) is 0. The summed E-state index contributed by atoms with van der Waals surface area (Å²) in [6.07, 6.45) is 0. The number of carbonyl (C=O) groups excluding carboxylic acids is 1. The second-order valence-corrected chi connectivity index (χ2v) is 5.03. The molecule has 2 rings (SSSR count). The van der Waals surface area contributed by atoms with Gasteiger partial charge in [-0.05, 0) is 35.9 Å². The second kappa shape index (κ2) is 7.72. The van der Waals surface area contributed by atoms with Crippen molar-refractivity contribution in [1.29, 1.82) is 0 Å². The number of carbonyl (C=O) groups is 1. The predicted molar refractivity (Wildman–Crippen MR) is 81.8 cm³/mol. The Morgan fingerprint density at radius 2 is 1.83 bits per heavy atom. The molecule has 1 amide bonds. The third-order valence-corrected chi connectivity index (χ3v) is 3.31. The molecule has 0 bridgehead atoms. The maximum absolute atomic E-state index is 13.4. The fourth-order valence-corrected chi connectivity index (χ4v) is 2.17. The van der Waals surface area contributed by atoms with Gasteiger partial charge in [-0.3, -0.25) is 4.79 Å². The van der Waals surface area contributed by atoms with Crippen LogP contribution in [0.3, 0.4) is 0 Å². The highest BCUT2D eigenvalue weighted by molar-refractivity contribution is 5.96. The Morgan fingerprint density at radius 1 is 1.17 bits per heavy atom. The maximum Gasteiger partial charge on any atom is 0.387 e. The molecule has 0 radical (unpaired) electrons. The molecule has 0 aromatic heterocycles. The molecule has 0 spiro atoms. The molecule has 128 valence electrons. The van der Waals surface area contributed by atoms with Gasteiger partial charge in [-0.1, -0.05) is 12.1 Å². The SMILES string of the molecule is COc1ccc(F)cc1C(=O)N(C)Cc1ccc(OC(F)F)cc1. The minimum atomic E-state index is -2.89. The number of benzene rings is 2. The van der Waals surface area contributed by atoms with E-state index >= 15 is 0 Å². The van der Waals surface area contributed by atoms with Crippen LogP contribution in [0.1, 0.15) is 15.9 Å². The summed E-state index contributed by atoms with van der Waals surface area (Å²) in [5.41, 5.74) is 0.820. The first-order valence-corrected chi connectivity index (χ1v) is 7.03. The van der Waals surface area contributed by atoms with Crippen LogP contribution in [0.25, 0.3) is 0 Å². The number of amides is 1. The van der Waals surface area contributed by atoms with Crippen LogP contribution in [0.15, 0.2) is 42.5 Å². The monoisotopic (exact) mass is 339 g/mol. The quantitative estimate of drug-likeness (QED) is 0.805. The van der Waals surface area contributed by atoms with Crippen molar-refractivity contribution in [2.24, 2.45) is 0 Å². The van der Waals surface area contributed by atoms with Gasteiger partial charge in [0.1, 0.15) is 17.3 Å². The van der Waals surface area contributed by atoms with Crippen LogP contribution in [0.4, 0.5) is 13.2 Å². The van der Waals surface area contributed by atoms with Crippen LogP contribution in [0.2, 0.25) is 0 Å². The zero-order valence-corrected chi connectivity index (χ0v) is 13.1. The molecule has 4 nitrogen and oxygen atoms in total. The average molecular weight is 339 g/mol. The summed E-state index contributed by atoms with van der Waals surface area (Å²) in [5, 5.41) is 0. The summed E-state index contributed by atoms with van der Waals surface area (Å²) in [4.78, 5) is 13.8. The summed E-state index contributed by atoms with van der Waals surface area (Å²) >= 11 is 0. The van der Waals surface area contributed by atoms with Gasteiger partial charge >= 0.3 is 6.61 Å². The lowest BCUT2D eigenvalue weighted by Crippen LogP contribution is -2.26. The van der Waals surface area contributed by atoms with Gasteiger partial charge in [-0.25, -0.2) is 4.39 Å². The Bertz CT molecular complexity index is 705. The van der Waals surface area contributed by atoms with Gasteiger partial charge in [-0.15, -0.1) is 0 Å². The Labute approximate surface area is 137 Å². The third kappa shape index (κ3) is 4.41. The summed E-state index contributed by atoms with van der Waals surface area (Å²) in [6.45, 7) is -2.67. The van der Waals surface area contributed by atoms with Gasteiger partial charge in [0.05, 0.1) is 12.7 Å². The van der Waals surface area contributed by atoms with Crippen molar-refractivity contribution < 1.29 is 27.4 Å². The van der Waals surface area contributed by atoms with Gasteiger partial charge in [0.2, 0.25) is 0 Å². The fraction of sp³-hybridized carbons (Fsp3) is 0.235. The van der Waals surface area contributed by atoms with E-state index in [1.165, 1.54) is 36.3 Å². The third-order valence-electron chi connectivity index (χ3n) is 3.31. The molecule has 0 aliphatic carbocycles. The van der Waals surface area contributed by atoms with E-state index in [9.17, 15) is 18.0 Å². The first-order chi connectivity index (χ1) is 11.4. The van der Waals surface area contributed by atoms with E-state index < -0.39 is 18.3 Å². The summed E-state index contributed by atoms with van der Waals surface area (Å²) in [6, 6.07) is 9.63. The zero-order valence-electron chi connectivity index (χ0n) is 13.1. The van der Waals surface area contributed by atoms with E-state index in [-0.39, 0.29) is 23.6 Å². The van der Waals surface area contributed by atoms with Gasteiger partial charge < -0.3 is 14.4 Å². The van der Waals surface area contributed by atoms with Crippen LogP contribution in [0.5, 0.6) is 11.5 Å². The molecule has 24 heavy (non-hydrogen) atoms. The van der Waals surface area contributed by atoms with Gasteiger partial charge in [0.25, 0.3) is 5.91 Å². The molecule has 0 atom stereocenters. The van der Waals surface area contributed by atoms with Gasteiger partial charge in [-0.2, -0.15) is 8.78 Å². The summed E-state index contributed by atoms with van der Waals surface area (Å²) < 4.78 is 46.9. The number of nitrogens with zero attached hydrogens (tertiary/aromatic N) is 1. The highest BCUT2D eigenvalue weighted by atomic mass is 19.3. The van der Waals surface area contributed by atoms with E-state index in [1.807, 2.05) is 0 Å². The highest BCUT2D eigenvalue weighted by Crippen LogP contribution is 2.22. The van der Waals surface area contributed by atoms with Crippen molar-refractivity contribution in [3.05, 3.63) is 59.4 Å². The molecule has 0 fully saturated rings. The molecule has 0 aliphatic heterocycles. The topological polar surface area (TPSA) is 38.8 Å². The minimum Gasteiger partial charge on any atom is -0.496 e. The molecule has 0 N–H and O–H groups in total. The van der Waals surface area contributed by atoms with Crippen molar-refractivity contribution in [3.8, 4) is 11.5 Å². The van der Waals surface area contributed by atoms with Crippen LogP contribution in [-0.4, -0.2) is 31.6 Å². The van der Waals surface area contributed by atoms with E-state index in [0.717, 1.165) is 6.07 Å². The van der Waals surface area contributed by atoms with Crippen LogP contribution < -0.4 is 9.47 Å². The molecule has 0 unspecified atom stereocenters. The normalized spacial score (nSPS) is 10.6. The lowest BCUT2D eigenvalue weighted by molar-refractivity contribution is -0.0498. The highest BCUT2D eigenvalue weighted by Gasteiger charge is 2.18. The summed E-state index contributed by atoms with van der Waals surface area (Å²) in [7, 11) is 2.95. The largest absolute Gasteiger partial charge is 0.496 e. The van der Waals surface area contributed by atoms with Crippen molar-refractivity contribution in [3.63, 3.8) is 0 Å². The van der Waals surface area contributed by atoms with Gasteiger partial charge in [0.15, 0.2) is 0 Å². The molecular formula is C17H16F3NO3. The molecule has 7 heteroatoms.